The lowest BCUT2D eigenvalue weighted by Gasteiger charge is -2.60. The maximum atomic E-state index is 11.7. The molecule has 0 aliphatic heterocycles. The number of rotatable bonds is 4. The summed E-state index contributed by atoms with van der Waals surface area (Å²) in [6, 6.07) is 0. The Bertz CT molecular complexity index is 870. The average Bonchev–Trinajstić information content (AvgIpc) is 3.18. The van der Waals surface area contributed by atoms with Gasteiger partial charge in [-0.2, -0.15) is 0 Å². The van der Waals surface area contributed by atoms with E-state index in [2.05, 4.69) is 36.2 Å². The summed E-state index contributed by atoms with van der Waals surface area (Å²) < 4.78 is 4.84. The van der Waals surface area contributed by atoms with Crippen LogP contribution < -0.4 is 0 Å². The van der Waals surface area contributed by atoms with Crippen molar-refractivity contribution in [2.75, 3.05) is 7.11 Å². The largest absolute Gasteiger partial charge is 0.469 e. The zero-order chi connectivity index (χ0) is 24.0. The third-order valence-electron chi connectivity index (χ3n) is 10.4. The molecular weight excluding hydrogens is 422 g/mol. The Labute approximate surface area is 196 Å². The van der Waals surface area contributed by atoms with Crippen molar-refractivity contribution in [3.8, 4) is 0 Å². The second-order valence-electron chi connectivity index (χ2n) is 11.4. The smallest absolute Gasteiger partial charge is 0.305 e. The van der Waals surface area contributed by atoms with Crippen LogP contribution in [0.5, 0.6) is 0 Å². The van der Waals surface area contributed by atoms with Gasteiger partial charge in [0.25, 0.3) is 0 Å². The number of nitrogens with zero attached hydrogens (tertiary/aromatic N) is 3. The molecule has 0 bridgehead atoms. The molecule has 4 fully saturated rings. The van der Waals surface area contributed by atoms with Crippen LogP contribution >= 0.6 is 0 Å². The maximum absolute atomic E-state index is 11.7. The van der Waals surface area contributed by atoms with Crippen molar-refractivity contribution in [3.63, 3.8) is 0 Å². The lowest BCUT2D eigenvalue weighted by molar-refractivity contribution is -0.141. The van der Waals surface area contributed by atoms with Gasteiger partial charge < -0.3 is 20.4 Å². The van der Waals surface area contributed by atoms with Gasteiger partial charge in [0.15, 0.2) is 0 Å². The third kappa shape index (κ3) is 3.64. The topological polar surface area (TPSA) is 124 Å². The van der Waals surface area contributed by atoms with Gasteiger partial charge in [0.1, 0.15) is 0 Å². The van der Waals surface area contributed by atoms with E-state index >= 15 is 0 Å². The molecule has 4 rings (SSSR count). The third-order valence-corrected chi connectivity index (χ3v) is 10.4. The van der Waals surface area contributed by atoms with Crippen molar-refractivity contribution in [1.29, 1.82) is 0 Å². The highest BCUT2D eigenvalue weighted by Crippen LogP contribution is 2.66. The van der Waals surface area contributed by atoms with Gasteiger partial charge in [0.2, 0.25) is 0 Å². The summed E-state index contributed by atoms with van der Waals surface area (Å²) in [4.78, 5) is 11.7. The first kappa shape index (κ1) is 24.0. The highest BCUT2D eigenvalue weighted by Gasteiger charge is 2.65. The van der Waals surface area contributed by atoms with Gasteiger partial charge in [-0.3, -0.25) is 4.79 Å². The standard InChI is InChI=1S/C25H39N3O5/c1-14(5-8-22(29)33-4)17-6-7-18-23-19(13-21(28-32)25(17,18)3)24(2)10-9-16(26-30)11-15(24)12-20(23)27-31/h14-15,17-19,23,30-32H,5-13H2,1-4H3/b26-16-,27-20-,28-21-/t14-,15+,17-,18+,19+,23+,24+,25-/m1/s1. The molecule has 8 atom stereocenters. The Balaban J connectivity index is 1.67. The molecule has 184 valence electrons. The first-order valence-electron chi connectivity index (χ1n) is 12.4. The number of oxime groups is 3. The van der Waals surface area contributed by atoms with Crippen LogP contribution in [0.3, 0.4) is 0 Å². The zero-order valence-corrected chi connectivity index (χ0v) is 20.3. The SMILES string of the molecule is COC(=O)CC[C@@H](C)[C@H]1CC[C@H]2[C@@H]3/C(=N\O)C[C@@H]4C/C(=N\O)CC[C@]4(C)[C@H]3C/C(=N/O)[C@]12C. The van der Waals surface area contributed by atoms with E-state index in [1.54, 1.807) is 0 Å². The molecule has 8 heteroatoms. The number of hydrogen-bond donors (Lipinski definition) is 3. The van der Waals surface area contributed by atoms with Crippen molar-refractivity contribution in [3.05, 3.63) is 0 Å². The molecule has 33 heavy (non-hydrogen) atoms. The number of methoxy groups -OCH3 is 1. The van der Waals surface area contributed by atoms with Gasteiger partial charge in [-0.05, 0) is 86.4 Å². The fraction of sp³-hybridized carbons (Fsp3) is 0.840. The fourth-order valence-corrected chi connectivity index (χ4v) is 8.45. The Kier molecular flexibility index (Phi) is 6.49. The number of carbonyl (C=O) groups is 1. The van der Waals surface area contributed by atoms with E-state index in [1.165, 1.54) is 7.11 Å². The first-order chi connectivity index (χ1) is 15.7. The molecule has 8 nitrogen and oxygen atoms in total. The number of ether oxygens (including phenoxy) is 1. The molecule has 0 aromatic rings. The second-order valence-corrected chi connectivity index (χ2v) is 11.4. The lowest BCUT2D eigenvalue weighted by atomic mass is 9.43. The quantitative estimate of drug-likeness (QED) is 0.311. The Morgan fingerprint density at radius 1 is 1.09 bits per heavy atom. The second kappa shape index (κ2) is 8.91. The van der Waals surface area contributed by atoms with Crippen LogP contribution in [0.15, 0.2) is 15.5 Å². The van der Waals surface area contributed by atoms with Crippen LogP contribution in [0.1, 0.15) is 78.6 Å². The number of hydrogen-bond acceptors (Lipinski definition) is 8. The van der Waals surface area contributed by atoms with Crippen LogP contribution in [-0.2, 0) is 9.53 Å². The van der Waals surface area contributed by atoms with E-state index in [0.29, 0.717) is 25.2 Å². The molecule has 0 amide bonds. The summed E-state index contributed by atoms with van der Waals surface area (Å²) in [5, 5.41) is 40.9. The average molecular weight is 462 g/mol. The van der Waals surface area contributed by atoms with Crippen LogP contribution in [0.2, 0.25) is 0 Å². The van der Waals surface area contributed by atoms with E-state index in [-0.39, 0.29) is 46.4 Å². The number of fused-ring (bicyclic) bond motifs is 5. The van der Waals surface area contributed by atoms with Crippen LogP contribution in [0, 0.1) is 46.3 Å². The van der Waals surface area contributed by atoms with Crippen molar-refractivity contribution >= 4 is 23.1 Å². The van der Waals surface area contributed by atoms with Crippen molar-refractivity contribution in [1.82, 2.24) is 0 Å². The predicted molar refractivity (Wildman–Crippen MR) is 124 cm³/mol. The van der Waals surface area contributed by atoms with Crippen molar-refractivity contribution in [2.24, 2.45) is 61.8 Å². The minimum atomic E-state index is -0.295. The minimum Gasteiger partial charge on any atom is -0.469 e. The maximum Gasteiger partial charge on any atom is 0.305 e. The van der Waals surface area contributed by atoms with Crippen molar-refractivity contribution < 1.29 is 25.2 Å². The molecule has 4 aliphatic carbocycles. The summed E-state index contributed by atoms with van der Waals surface area (Å²) in [6.07, 6.45) is 6.97. The summed E-state index contributed by atoms with van der Waals surface area (Å²) >= 11 is 0. The molecular formula is C25H39N3O5. The van der Waals surface area contributed by atoms with Crippen LogP contribution in [-0.4, -0.2) is 45.8 Å². The normalized spacial score (nSPS) is 44.8. The Morgan fingerprint density at radius 3 is 2.48 bits per heavy atom. The van der Waals surface area contributed by atoms with Gasteiger partial charge in [0, 0.05) is 17.8 Å². The highest BCUT2D eigenvalue weighted by atomic mass is 16.5. The van der Waals surface area contributed by atoms with Crippen LogP contribution in [0.25, 0.3) is 0 Å². The van der Waals surface area contributed by atoms with Gasteiger partial charge in [0.05, 0.1) is 24.2 Å². The van der Waals surface area contributed by atoms with Crippen LogP contribution in [0.4, 0.5) is 0 Å². The molecule has 0 spiro atoms. The zero-order valence-electron chi connectivity index (χ0n) is 20.3. The molecule has 0 radical (unpaired) electrons. The van der Waals surface area contributed by atoms with Gasteiger partial charge in [-0.25, -0.2) is 0 Å². The minimum absolute atomic E-state index is 0.0128. The monoisotopic (exact) mass is 461 g/mol. The molecule has 0 heterocycles. The predicted octanol–water partition coefficient (Wildman–Crippen LogP) is 4.95. The Morgan fingerprint density at radius 2 is 1.85 bits per heavy atom. The summed E-state index contributed by atoms with van der Waals surface area (Å²) in [5.41, 5.74) is 2.26. The summed E-state index contributed by atoms with van der Waals surface area (Å²) in [7, 11) is 1.42. The molecule has 4 saturated carbocycles. The lowest BCUT2D eigenvalue weighted by Crippen LogP contribution is -2.60. The molecule has 0 aromatic heterocycles. The van der Waals surface area contributed by atoms with E-state index in [0.717, 1.165) is 55.7 Å². The Hall–Kier alpha value is -2.12. The van der Waals surface area contributed by atoms with Gasteiger partial charge in [-0.1, -0.05) is 36.2 Å². The molecule has 3 N–H and O–H groups in total. The van der Waals surface area contributed by atoms with E-state index in [4.69, 9.17) is 4.74 Å². The number of esters is 1. The fourth-order valence-electron chi connectivity index (χ4n) is 8.45. The van der Waals surface area contributed by atoms with Gasteiger partial charge >= 0.3 is 5.97 Å². The molecule has 0 unspecified atom stereocenters. The molecule has 4 aliphatic rings. The molecule has 0 aromatic carbocycles. The van der Waals surface area contributed by atoms with E-state index in [1.807, 2.05) is 0 Å². The number of carbonyl (C=O) groups excluding carboxylic acids is 1. The summed E-state index contributed by atoms with van der Waals surface area (Å²) in [5.74, 6) is 1.27. The molecule has 0 saturated heterocycles. The van der Waals surface area contributed by atoms with E-state index in [9.17, 15) is 20.4 Å². The van der Waals surface area contributed by atoms with Gasteiger partial charge in [-0.15, -0.1) is 0 Å². The van der Waals surface area contributed by atoms with Crippen molar-refractivity contribution in [2.45, 2.75) is 78.6 Å². The summed E-state index contributed by atoms with van der Waals surface area (Å²) in [6.45, 7) is 6.76. The highest BCUT2D eigenvalue weighted by molar-refractivity contribution is 5.97. The van der Waals surface area contributed by atoms with E-state index < -0.39 is 0 Å². The first-order valence-corrected chi connectivity index (χ1v) is 12.4.